The molecule has 0 saturated carbocycles. The molecule has 2 N–H and O–H groups in total. The summed E-state index contributed by atoms with van der Waals surface area (Å²) in [6.45, 7) is 11.3. The highest BCUT2D eigenvalue weighted by Crippen LogP contribution is 2.23. The van der Waals surface area contributed by atoms with Gasteiger partial charge in [-0.1, -0.05) is 18.2 Å². The molecule has 27 heavy (non-hydrogen) atoms. The Morgan fingerprint density at radius 2 is 1.89 bits per heavy atom. The molecule has 1 aromatic heterocycles. The molecule has 0 bridgehead atoms. The maximum absolute atomic E-state index is 12.4. The molecule has 2 aromatic rings. The number of likely N-dealkylation sites (N-methyl/N-ethyl adjacent to an activating group) is 1. The standard InChI is InChI=1S/C21H29N3O3/c1-7-24(13-18(25)23-21(3,4)5)12-17-19(20(26)27-6)14(2)15-10-8-9-11-16(15)22-17/h8-11H,7,12-13H2,1-6H3,(H,23,25)/p+1. The van der Waals surface area contributed by atoms with E-state index in [9.17, 15) is 9.59 Å². The van der Waals surface area contributed by atoms with Gasteiger partial charge in [0.2, 0.25) is 0 Å². The highest BCUT2D eigenvalue weighted by Gasteiger charge is 2.24. The van der Waals surface area contributed by atoms with E-state index in [1.165, 1.54) is 7.11 Å². The Morgan fingerprint density at radius 3 is 2.48 bits per heavy atom. The number of fused-ring (bicyclic) bond motifs is 1. The van der Waals surface area contributed by atoms with Crippen molar-refractivity contribution in [3.8, 4) is 0 Å². The minimum absolute atomic E-state index is 0.0171. The molecule has 0 saturated heterocycles. The third-order valence-corrected chi connectivity index (χ3v) is 4.46. The van der Waals surface area contributed by atoms with Crippen LogP contribution >= 0.6 is 0 Å². The van der Waals surface area contributed by atoms with Crippen LogP contribution in [0.15, 0.2) is 24.3 Å². The lowest BCUT2D eigenvalue weighted by Gasteiger charge is -2.23. The normalized spacial score (nSPS) is 12.7. The average molecular weight is 372 g/mol. The first kappa shape index (κ1) is 20.8. The molecule has 1 unspecified atom stereocenters. The van der Waals surface area contributed by atoms with Gasteiger partial charge in [0.05, 0.1) is 24.7 Å². The summed E-state index contributed by atoms with van der Waals surface area (Å²) in [4.78, 5) is 30.5. The van der Waals surface area contributed by atoms with E-state index in [0.29, 0.717) is 24.3 Å². The Labute approximate surface area is 160 Å². The number of amides is 1. The molecular weight excluding hydrogens is 342 g/mol. The van der Waals surface area contributed by atoms with Crippen LogP contribution in [-0.4, -0.2) is 42.6 Å². The predicted molar refractivity (Wildman–Crippen MR) is 106 cm³/mol. The van der Waals surface area contributed by atoms with Gasteiger partial charge in [-0.05, 0) is 46.2 Å². The number of hydrogen-bond acceptors (Lipinski definition) is 4. The van der Waals surface area contributed by atoms with Crippen molar-refractivity contribution in [1.29, 1.82) is 0 Å². The fourth-order valence-corrected chi connectivity index (χ4v) is 3.18. The van der Waals surface area contributed by atoms with E-state index in [-0.39, 0.29) is 11.4 Å². The van der Waals surface area contributed by atoms with Gasteiger partial charge in [0.1, 0.15) is 12.2 Å². The summed E-state index contributed by atoms with van der Waals surface area (Å²) in [5, 5.41) is 3.92. The largest absolute Gasteiger partial charge is 0.465 e. The van der Waals surface area contributed by atoms with E-state index >= 15 is 0 Å². The number of para-hydroxylation sites is 1. The maximum atomic E-state index is 12.4. The number of methoxy groups -OCH3 is 1. The third-order valence-electron chi connectivity index (χ3n) is 4.46. The van der Waals surface area contributed by atoms with E-state index in [2.05, 4.69) is 5.32 Å². The molecule has 6 nitrogen and oxygen atoms in total. The van der Waals surface area contributed by atoms with Crippen molar-refractivity contribution in [3.63, 3.8) is 0 Å². The first-order valence-corrected chi connectivity index (χ1v) is 9.27. The molecule has 6 heteroatoms. The van der Waals surface area contributed by atoms with Gasteiger partial charge in [0.15, 0.2) is 6.54 Å². The van der Waals surface area contributed by atoms with E-state index in [1.807, 2.05) is 58.9 Å². The van der Waals surface area contributed by atoms with Crippen LogP contribution in [0.5, 0.6) is 0 Å². The minimum Gasteiger partial charge on any atom is -0.465 e. The molecule has 1 aromatic carbocycles. The number of esters is 1. The number of ether oxygens (including phenoxy) is 1. The van der Waals surface area contributed by atoms with Crippen LogP contribution < -0.4 is 10.2 Å². The SMILES string of the molecule is CC[NH+](CC(=O)NC(C)(C)C)Cc1nc2ccccc2c(C)c1C(=O)OC. The van der Waals surface area contributed by atoms with Gasteiger partial charge in [-0.25, -0.2) is 9.78 Å². The number of carbonyl (C=O) groups excluding carboxylic acids is 2. The van der Waals surface area contributed by atoms with Crippen molar-refractivity contribution in [3.05, 3.63) is 41.1 Å². The molecule has 1 heterocycles. The van der Waals surface area contributed by atoms with Crippen LogP contribution in [0.2, 0.25) is 0 Å². The number of quaternary nitrogens is 1. The monoisotopic (exact) mass is 372 g/mol. The van der Waals surface area contributed by atoms with Gasteiger partial charge in [0, 0.05) is 10.9 Å². The quantitative estimate of drug-likeness (QED) is 0.757. The first-order chi connectivity index (χ1) is 12.7. The molecule has 0 aliphatic carbocycles. The Hall–Kier alpha value is -2.47. The van der Waals surface area contributed by atoms with Crippen molar-refractivity contribution >= 4 is 22.8 Å². The van der Waals surface area contributed by atoms with Gasteiger partial charge in [-0.2, -0.15) is 0 Å². The maximum Gasteiger partial charge on any atom is 0.340 e. The number of nitrogens with one attached hydrogen (secondary N) is 2. The molecule has 0 fully saturated rings. The Morgan fingerprint density at radius 1 is 1.22 bits per heavy atom. The van der Waals surface area contributed by atoms with E-state index in [4.69, 9.17) is 9.72 Å². The van der Waals surface area contributed by atoms with Crippen molar-refractivity contribution in [2.45, 2.75) is 46.7 Å². The van der Waals surface area contributed by atoms with Crippen LogP contribution in [0.4, 0.5) is 0 Å². The third kappa shape index (κ3) is 5.26. The summed E-state index contributed by atoms with van der Waals surface area (Å²) < 4.78 is 5.00. The first-order valence-electron chi connectivity index (χ1n) is 9.27. The second-order valence-corrected chi connectivity index (χ2v) is 7.82. The molecule has 0 spiro atoms. The van der Waals surface area contributed by atoms with Gasteiger partial charge >= 0.3 is 5.97 Å². The number of aromatic nitrogens is 1. The average Bonchev–Trinajstić information content (AvgIpc) is 2.59. The van der Waals surface area contributed by atoms with Crippen molar-refractivity contribution in [1.82, 2.24) is 10.3 Å². The summed E-state index contributed by atoms with van der Waals surface area (Å²) >= 11 is 0. The van der Waals surface area contributed by atoms with Gasteiger partial charge in [0.25, 0.3) is 5.91 Å². The Bertz CT molecular complexity index is 840. The zero-order chi connectivity index (χ0) is 20.2. The highest BCUT2D eigenvalue weighted by molar-refractivity contribution is 5.98. The van der Waals surface area contributed by atoms with Gasteiger partial charge < -0.3 is 15.0 Å². The van der Waals surface area contributed by atoms with Gasteiger partial charge in [-0.15, -0.1) is 0 Å². The molecule has 0 aliphatic heterocycles. The number of hydrogen-bond donors (Lipinski definition) is 2. The molecular formula is C21H30N3O3+. The molecule has 2 rings (SSSR count). The Balaban J connectivity index is 2.38. The fraction of sp³-hybridized carbons (Fsp3) is 0.476. The summed E-state index contributed by atoms with van der Waals surface area (Å²) in [7, 11) is 1.38. The lowest BCUT2D eigenvalue weighted by molar-refractivity contribution is -0.904. The molecule has 0 aliphatic rings. The molecule has 146 valence electrons. The van der Waals surface area contributed by atoms with Crippen LogP contribution in [0.25, 0.3) is 10.9 Å². The van der Waals surface area contributed by atoms with E-state index in [0.717, 1.165) is 27.9 Å². The minimum atomic E-state index is -0.393. The number of aryl methyl sites for hydroxylation is 1. The molecule has 0 radical (unpaired) electrons. The topological polar surface area (TPSA) is 72.7 Å². The molecule has 1 amide bonds. The number of carbonyl (C=O) groups is 2. The smallest absolute Gasteiger partial charge is 0.340 e. The van der Waals surface area contributed by atoms with Crippen LogP contribution in [-0.2, 0) is 16.1 Å². The zero-order valence-electron chi connectivity index (χ0n) is 17.1. The van der Waals surface area contributed by atoms with Crippen molar-refractivity contribution < 1.29 is 19.2 Å². The summed E-state index contributed by atoms with van der Waals surface area (Å²) in [6.07, 6.45) is 0. The Kier molecular flexibility index (Phi) is 6.54. The van der Waals surface area contributed by atoms with Crippen molar-refractivity contribution in [2.24, 2.45) is 0 Å². The van der Waals surface area contributed by atoms with Crippen molar-refractivity contribution in [2.75, 3.05) is 20.2 Å². The van der Waals surface area contributed by atoms with Crippen LogP contribution in [0.1, 0.15) is 49.3 Å². The highest BCUT2D eigenvalue weighted by atomic mass is 16.5. The molecule has 1 atom stereocenters. The zero-order valence-corrected chi connectivity index (χ0v) is 17.1. The van der Waals surface area contributed by atoms with E-state index < -0.39 is 5.97 Å². The summed E-state index contributed by atoms with van der Waals surface area (Å²) in [6, 6.07) is 7.75. The van der Waals surface area contributed by atoms with E-state index in [1.54, 1.807) is 0 Å². The van der Waals surface area contributed by atoms with Crippen LogP contribution in [0, 0.1) is 6.92 Å². The number of pyridine rings is 1. The summed E-state index contributed by atoms with van der Waals surface area (Å²) in [5.41, 5.74) is 2.59. The second-order valence-electron chi connectivity index (χ2n) is 7.82. The number of nitrogens with zero attached hydrogens (tertiary/aromatic N) is 1. The number of rotatable bonds is 6. The predicted octanol–water partition coefficient (Wildman–Crippen LogP) is 1.65. The fourth-order valence-electron chi connectivity index (χ4n) is 3.18. The summed E-state index contributed by atoms with van der Waals surface area (Å²) in [5.74, 6) is -0.410. The van der Waals surface area contributed by atoms with Crippen LogP contribution in [0.3, 0.4) is 0 Å². The lowest BCUT2D eigenvalue weighted by Crippen LogP contribution is -3.11. The second kappa shape index (κ2) is 8.48. The number of benzene rings is 1. The lowest BCUT2D eigenvalue weighted by atomic mass is 10.0. The van der Waals surface area contributed by atoms with Gasteiger partial charge in [-0.3, -0.25) is 4.79 Å².